The minimum atomic E-state index is 0.667. The van der Waals surface area contributed by atoms with Gasteiger partial charge in [-0.1, -0.05) is 46.3 Å². The van der Waals surface area contributed by atoms with Crippen molar-refractivity contribution in [1.29, 1.82) is 0 Å². The van der Waals surface area contributed by atoms with E-state index in [2.05, 4.69) is 76.0 Å². The molecule has 0 aromatic heterocycles. The first-order valence-electron chi connectivity index (χ1n) is 7.77. The third-order valence-corrected chi connectivity index (χ3v) is 5.18. The van der Waals surface area contributed by atoms with E-state index in [1.165, 1.54) is 47.0 Å². The molecule has 1 aliphatic rings. The van der Waals surface area contributed by atoms with Crippen LogP contribution in [0.2, 0.25) is 0 Å². The molecule has 0 aliphatic carbocycles. The molecule has 0 N–H and O–H groups in total. The van der Waals surface area contributed by atoms with E-state index in [1.807, 2.05) is 0 Å². The molecule has 0 unspecified atom stereocenters. The molecular formula is C18H23BrN2. The Morgan fingerprint density at radius 2 is 1.62 bits per heavy atom. The summed E-state index contributed by atoms with van der Waals surface area (Å²) in [5.74, 6) is 0. The maximum atomic E-state index is 3.66. The zero-order valence-electron chi connectivity index (χ0n) is 12.8. The Morgan fingerprint density at radius 1 is 0.952 bits per heavy atom. The summed E-state index contributed by atoms with van der Waals surface area (Å²) >= 11 is 3.66. The van der Waals surface area contributed by atoms with Crippen molar-refractivity contribution in [2.24, 2.45) is 0 Å². The second-order valence-corrected chi connectivity index (χ2v) is 7.01. The van der Waals surface area contributed by atoms with Gasteiger partial charge >= 0.3 is 0 Å². The third-order valence-electron chi connectivity index (χ3n) is 4.49. The summed E-state index contributed by atoms with van der Waals surface area (Å²) in [6.45, 7) is 10.3. The number of hydrogen-bond acceptors (Lipinski definition) is 2. The zero-order chi connectivity index (χ0) is 14.8. The Labute approximate surface area is 135 Å². The van der Waals surface area contributed by atoms with E-state index in [4.69, 9.17) is 0 Å². The van der Waals surface area contributed by atoms with E-state index in [-0.39, 0.29) is 0 Å². The van der Waals surface area contributed by atoms with Gasteiger partial charge in [0.15, 0.2) is 0 Å². The summed E-state index contributed by atoms with van der Waals surface area (Å²) < 4.78 is 1.19. The van der Waals surface area contributed by atoms with Gasteiger partial charge < -0.3 is 0 Å². The van der Waals surface area contributed by atoms with Crippen molar-refractivity contribution < 1.29 is 0 Å². The predicted molar refractivity (Wildman–Crippen MR) is 93.6 cm³/mol. The molecule has 2 aromatic rings. The van der Waals surface area contributed by atoms with Gasteiger partial charge in [0.25, 0.3) is 0 Å². The fraction of sp³-hybridized carbons (Fsp3) is 0.444. The van der Waals surface area contributed by atoms with Crippen molar-refractivity contribution in [2.75, 3.05) is 26.2 Å². The topological polar surface area (TPSA) is 6.48 Å². The minimum Gasteiger partial charge on any atom is -0.298 e. The van der Waals surface area contributed by atoms with Gasteiger partial charge in [0.2, 0.25) is 0 Å². The average Bonchev–Trinajstić information content (AvgIpc) is 2.51. The highest BCUT2D eigenvalue weighted by Gasteiger charge is 2.19. The molecule has 1 saturated heterocycles. The predicted octanol–water partition coefficient (Wildman–Crippen LogP) is 4.13. The van der Waals surface area contributed by atoms with E-state index in [0.717, 1.165) is 6.54 Å². The van der Waals surface area contributed by atoms with Crippen LogP contribution in [-0.2, 0) is 6.54 Å². The highest BCUT2D eigenvalue weighted by molar-refractivity contribution is 9.10. The number of benzene rings is 2. The SMILES string of the molecule is CC(C)N1CCN(Cc2ccc(Br)c3ccccc23)CC1. The van der Waals surface area contributed by atoms with Gasteiger partial charge in [0, 0.05) is 43.2 Å². The van der Waals surface area contributed by atoms with Crippen molar-refractivity contribution in [3.05, 3.63) is 46.4 Å². The highest BCUT2D eigenvalue weighted by atomic mass is 79.9. The number of halogens is 1. The van der Waals surface area contributed by atoms with Crippen LogP contribution in [0, 0.1) is 0 Å². The van der Waals surface area contributed by atoms with E-state index in [0.29, 0.717) is 6.04 Å². The number of nitrogens with zero attached hydrogens (tertiary/aromatic N) is 2. The van der Waals surface area contributed by atoms with Crippen molar-refractivity contribution in [3.8, 4) is 0 Å². The summed E-state index contributed by atoms with van der Waals surface area (Å²) in [6.07, 6.45) is 0. The molecule has 2 aromatic carbocycles. The smallest absolute Gasteiger partial charge is 0.0253 e. The fourth-order valence-electron chi connectivity index (χ4n) is 3.14. The van der Waals surface area contributed by atoms with Gasteiger partial charge in [0.05, 0.1) is 0 Å². The summed E-state index contributed by atoms with van der Waals surface area (Å²) in [6, 6.07) is 13.8. The molecular weight excluding hydrogens is 324 g/mol. The van der Waals surface area contributed by atoms with Crippen molar-refractivity contribution >= 4 is 26.7 Å². The second-order valence-electron chi connectivity index (χ2n) is 6.16. The summed E-state index contributed by atoms with van der Waals surface area (Å²) in [4.78, 5) is 5.14. The largest absolute Gasteiger partial charge is 0.298 e. The van der Waals surface area contributed by atoms with Gasteiger partial charge in [-0.25, -0.2) is 0 Å². The number of hydrogen-bond donors (Lipinski definition) is 0. The maximum Gasteiger partial charge on any atom is 0.0253 e. The summed E-state index contributed by atoms with van der Waals surface area (Å²) in [7, 11) is 0. The first-order valence-corrected chi connectivity index (χ1v) is 8.57. The number of fused-ring (bicyclic) bond motifs is 1. The molecule has 0 radical (unpaired) electrons. The molecule has 1 fully saturated rings. The van der Waals surface area contributed by atoms with E-state index < -0.39 is 0 Å². The van der Waals surface area contributed by atoms with Crippen LogP contribution in [0.25, 0.3) is 10.8 Å². The van der Waals surface area contributed by atoms with E-state index in [1.54, 1.807) is 0 Å². The van der Waals surface area contributed by atoms with Crippen LogP contribution in [0.3, 0.4) is 0 Å². The van der Waals surface area contributed by atoms with Crippen molar-refractivity contribution in [2.45, 2.75) is 26.4 Å². The Bertz CT molecular complexity index is 616. The first-order chi connectivity index (χ1) is 10.1. The molecule has 112 valence electrons. The van der Waals surface area contributed by atoms with Crippen LogP contribution in [0.4, 0.5) is 0 Å². The molecule has 1 heterocycles. The summed E-state index contributed by atoms with van der Waals surface area (Å²) in [5.41, 5.74) is 1.44. The van der Waals surface area contributed by atoms with Crippen LogP contribution < -0.4 is 0 Å². The van der Waals surface area contributed by atoms with Crippen molar-refractivity contribution in [3.63, 3.8) is 0 Å². The Balaban J connectivity index is 1.76. The van der Waals surface area contributed by atoms with Gasteiger partial charge in [-0.2, -0.15) is 0 Å². The highest BCUT2D eigenvalue weighted by Crippen LogP contribution is 2.27. The van der Waals surface area contributed by atoms with Gasteiger partial charge in [-0.3, -0.25) is 9.80 Å². The van der Waals surface area contributed by atoms with Gasteiger partial charge in [-0.05, 0) is 36.2 Å². The van der Waals surface area contributed by atoms with Crippen LogP contribution in [-0.4, -0.2) is 42.0 Å². The molecule has 0 spiro atoms. The molecule has 0 atom stereocenters. The lowest BCUT2D eigenvalue weighted by atomic mass is 10.0. The standard InChI is InChI=1S/C18H23BrN2/c1-14(2)21-11-9-20(10-12-21)13-15-7-8-18(19)17-6-4-3-5-16(15)17/h3-8,14H,9-13H2,1-2H3. The average molecular weight is 347 g/mol. The third kappa shape index (κ3) is 3.31. The van der Waals surface area contributed by atoms with Gasteiger partial charge in [0.1, 0.15) is 0 Å². The lowest BCUT2D eigenvalue weighted by Gasteiger charge is -2.37. The lowest BCUT2D eigenvalue weighted by Crippen LogP contribution is -2.48. The molecule has 0 bridgehead atoms. The van der Waals surface area contributed by atoms with Crippen LogP contribution in [0.15, 0.2) is 40.9 Å². The van der Waals surface area contributed by atoms with Crippen LogP contribution >= 0.6 is 15.9 Å². The number of rotatable bonds is 3. The summed E-state index contributed by atoms with van der Waals surface area (Å²) in [5, 5.41) is 2.69. The van der Waals surface area contributed by atoms with Gasteiger partial charge in [-0.15, -0.1) is 0 Å². The number of piperazine rings is 1. The Hall–Kier alpha value is -0.900. The zero-order valence-corrected chi connectivity index (χ0v) is 14.4. The molecule has 1 aliphatic heterocycles. The van der Waals surface area contributed by atoms with Crippen molar-refractivity contribution in [1.82, 2.24) is 9.80 Å². The van der Waals surface area contributed by atoms with E-state index >= 15 is 0 Å². The minimum absolute atomic E-state index is 0.667. The van der Waals surface area contributed by atoms with Crippen LogP contribution in [0.5, 0.6) is 0 Å². The molecule has 2 nitrogen and oxygen atoms in total. The monoisotopic (exact) mass is 346 g/mol. The quantitative estimate of drug-likeness (QED) is 0.824. The molecule has 0 saturated carbocycles. The normalized spacial score (nSPS) is 17.7. The lowest BCUT2D eigenvalue weighted by molar-refractivity contribution is 0.104. The molecule has 3 heteroatoms. The van der Waals surface area contributed by atoms with Crippen LogP contribution in [0.1, 0.15) is 19.4 Å². The maximum absolute atomic E-state index is 3.66. The molecule has 0 amide bonds. The molecule has 21 heavy (non-hydrogen) atoms. The fourth-order valence-corrected chi connectivity index (χ4v) is 3.62. The van der Waals surface area contributed by atoms with E-state index in [9.17, 15) is 0 Å². The Kier molecular flexibility index (Phi) is 4.63. The molecule has 3 rings (SSSR count). The second kappa shape index (κ2) is 6.47. The first kappa shape index (κ1) is 15.0. The Morgan fingerprint density at radius 3 is 2.29 bits per heavy atom.